The molecule has 19 heavy (non-hydrogen) atoms. The molecule has 0 spiro atoms. The number of hydrogen-bond donors (Lipinski definition) is 1. The monoisotopic (exact) mass is 255 g/mol. The third kappa shape index (κ3) is 2.44. The molecule has 0 saturated carbocycles. The molecular formula is C15H17N3O. The van der Waals surface area contributed by atoms with Crippen molar-refractivity contribution in [2.75, 3.05) is 13.1 Å². The van der Waals surface area contributed by atoms with Gasteiger partial charge in [-0.05, 0) is 11.5 Å². The van der Waals surface area contributed by atoms with Crippen LogP contribution in [0.1, 0.15) is 12.1 Å². The Balaban J connectivity index is 1.77. The molecule has 1 aromatic carbocycles. The molecule has 0 bridgehead atoms. The first-order valence-corrected chi connectivity index (χ1v) is 6.60. The highest BCUT2D eigenvalue weighted by atomic mass is 16.2. The molecule has 1 unspecified atom stereocenters. The summed E-state index contributed by atoms with van der Waals surface area (Å²) in [6.45, 7) is 1.37. The first-order valence-electron chi connectivity index (χ1n) is 6.60. The Bertz CT molecular complexity index is 606. The van der Waals surface area contributed by atoms with Gasteiger partial charge in [0.05, 0.1) is 0 Å². The van der Waals surface area contributed by atoms with Gasteiger partial charge in [0, 0.05) is 49.2 Å². The number of rotatable bonds is 3. The van der Waals surface area contributed by atoms with Crippen LogP contribution in [-0.2, 0) is 11.2 Å². The van der Waals surface area contributed by atoms with Crippen molar-refractivity contribution >= 4 is 16.7 Å². The lowest BCUT2D eigenvalue weighted by atomic mass is 10.1. The van der Waals surface area contributed by atoms with Crippen LogP contribution in [0.25, 0.3) is 10.8 Å². The predicted octanol–water partition coefficient (Wildman–Crippen LogP) is 1.34. The third-order valence-electron chi connectivity index (χ3n) is 3.62. The van der Waals surface area contributed by atoms with Crippen LogP contribution >= 0.6 is 0 Å². The largest absolute Gasteiger partial charge is 0.341 e. The molecule has 1 fully saturated rings. The topological polar surface area (TPSA) is 59.2 Å². The van der Waals surface area contributed by atoms with Crippen LogP contribution < -0.4 is 5.73 Å². The minimum Gasteiger partial charge on any atom is -0.341 e. The quantitative estimate of drug-likeness (QED) is 0.900. The molecular weight excluding hydrogens is 238 g/mol. The first kappa shape index (κ1) is 12.1. The highest BCUT2D eigenvalue weighted by molar-refractivity contribution is 5.84. The molecule has 3 rings (SSSR count). The maximum Gasteiger partial charge on any atom is 0.224 e. The summed E-state index contributed by atoms with van der Waals surface area (Å²) in [5, 5.41) is 2.36. The zero-order valence-corrected chi connectivity index (χ0v) is 10.7. The highest BCUT2D eigenvalue weighted by Gasteiger charge is 2.26. The average molecular weight is 255 g/mol. The van der Waals surface area contributed by atoms with Gasteiger partial charge in [0.1, 0.15) is 0 Å². The number of amides is 1. The molecule has 1 amide bonds. The summed E-state index contributed by atoms with van der Waals surface area (Å²) >= 11 is 0. The van der Waals surface area contributed by atoms with E-state index in [0.717, 1.165) is 12.1 Å². The van der Waals surface area contributed by atoms with Crippen molar-refractivity contribution in [3.05, 3.63) is 42.2 Å². The van der Waals surface area contributed by atoms with E-state index in [-0.39, 0.29) is 11.9 Å². The van der Waals surface area contributed by atoms with Crippen molar-refractivity contribution in [3.8, 4) is 0 Å². The van der Waals surface area contributed by atoms with Gasteiger partial charge < -0.3 is 10.6 Å². The molecule has 2 heterocycles. The molecule has 4 nitrogen and oxygen atoms in total. The van der Waals surface area contributed by atoms with Gasteiger partial charge in [0.15, 0.2) is 0 Å². The molecule has 1 saturated heterocycles. The van der Waals surface area contributed by atoms with Crippen molar-refractivity contribution in [3.63, 3.8) is 0 Å². The number of fused-ring (bicyclic) bond motifs is 1. The number of nitrogens with two attached hydrogens (primary N) is 1. The Morgan fingerprint density at radius 1 is 1.32 bits per heavy atom. The Kier molecular flexibility index (Phi) is 3.17. The van der Waals surface area contributed by atoms with Crippen molar-refractivity contribution in [1.82, 2.24) is 9.88 Å². The molecule has 98 valence electrons. The van der Waals surface area contributed by atoms with Gasteiger partial charge in [-0.2, -0.15) is 0 Å². The van der Waals surface area contributed by atoms with Gasteiger partial charge in [-0.25, -0.2) is 0 Å². The summed E-state index contributed by atoms with van der Waals surface area (Å²) < 4.78 is 0. The minimum atomic E-state index is -0.00650. The summed E-state index contributed by atoms with van der Waals surface area (Å²) in [7, 11) is 0. The SMILES string of the molecule is NC1CC(=O)N(CCc2nccc3ccccc23)C1. The molecule has 2 N–H and O–H groups in total. The van der Waals surface area contributed by atoms with Crippen molar-refractivity contribution < 1.29 is 4.79 Å². The number of carbonyl (C=O) groups excluding carboxylic acids is 1. The zero-order valence-electron chi connectivity index (χ0n) is 10.7. The minimum absolute atomic E-state index is 0.00650. The maximum absolute atomic E-state index is 11.7. The van der Waals surface area contributed by atoms with E-state index in [1.54, 1.807) is 0 Å². The van der Waals surface area contributed by atoms with E-state index in [0.29, 0.717) is 19.5 Å². The van der Waals surface area contributed by atoms with Gasteiger partial charge in [0.25, 0.3) is 0 Å². The van der Waals surface area contributed by atoms with Crippen molar-refractivity contribution in [2.24, 2.45) is 5.73 Å². The standard InChI is InChI=1S/C15H17N3O/c16-12-9-15(19)18(10-12)8-6-14-13-4-2-1-3-11(13)5-7-17-14/h1-5,7,12H,6,8-10,16H2. The number of hydrogen-bond acceptors (Lipinski definition) is 3. The summed E-state index contributed by atoms with van der Waals surface area (Å²) in [5.41, 5.74) is 6.84. The predicted molar refractivity (Wildman–Crippen MR) is 74.6 cm³/mol. The van der Waals surface area contributed by atoms with E-state index < -0.39 is 0 Å². The number of nitrogens with zero attached hydrogens (tertiary/aromatic N) is 2. The molecule has 1 aromatic heterocycles. The smallest absolute Gasteiger partial charge is 0.224 e. The van der Waals surface area contributed by atoms with Gasteiger partial charge in [-0.3, -0.25) is 9.78 Å². The lowest BCUT2D eigenvalue weighted by molar-refractivity contribution is -0.127. The number of carbonyl (C=O) groups is 1. The Labute approximate surface area is 112 Å². The second kappa shape index (κ2) is 4.97. The second-order valence-electron chi connectivity index (χ2n) is 5.03. The fraction of sp³-hybridized carbons (Fsp3) is 0.333. The molecule has 2 aromatic rings. The van der Waals surface area contributed by atoms with Crippen molar-refractivity contribution in [1.29, 1.82) is 0 Å². The van der Waals surface area contributed by atoms with Gasteiger partial charge in [-0.1, -0.05) is 24.3 Å². The summed E-state index contributed by atoms with van der Waals surface area (Å²) in [6, 6.07) is 10.2. The average Bonchev–Trinajstić information content (AvgIpc) is 2.74. The lowest BCUT2D eigenvalue weighted by Crippen LogP contribution is -2.30. The van der Waals surface area contributed by atoms with Crippen LogP contribution in [0.15, 0.2) is 36.5 Å². The number of likely N-dealkylation sites (tertiary alicyclic amines) is 1. The Morgan fingerprint density at radius 2 is 2.16 bits per heavy atom. The normalized spacial score (nSPS) is 19.3. The molecule has 1 aliphatic rings. The third-order valence-corrected chi connectivity index (χ3v) is 3.62. The molecule has 1 atom stereocenters. The molecule has 1 aliphatic heterocycles. The van der Waals surface area contributed by atoms with E-state index in [1.165, 1.54) is 10.8 Å². The number of benzene rings is 1. The number of pyridine rings is 1. The van der Waals surface area contributed by atoms with Gasteiger partial charge in [-0.15, -0.1) is 0 Å². The van der Waals surface area contributed by atoms with E-state index in [9.17, 15) is 4.79 Å². The lowest BCUT2D eigenvalue weighted by Gasteiger charge is -2.16. The van der Waals surface area contributed by atoms with Crippen LogP contribution in [0.4, 0.5) is 0 Å². The fourth-order valence-corrected chi connectivity index (χ4v) is 2.64. The van der Waals surface area contributed by atoms with Crippen molar-refractivity contribution in [2.45, 2.75) is 18.9 Å². The van der Waals surface area contributed by atoms with E-state index in [2.05, 4.69) is 17.1 Å². The molecule has 0 aliphatic carbocycles. The van der Waals surface area contributed by atoms with Gasteiger partial charge in [0.2, 0.25) is 5.91 Å². The first-order chi connectivity index (χ1) is 9.24. The summed E-state index contributed by atoms with van der Waals surface area (Å²) in [5.74, 6) is 0.160. The van der Waals surface area contributed by atoms with E-state index in [1.807, 2.05) is 29.3 Å². The van der Waals surface area contributed by atoms with Crippen LogP contribution in [0.3, 0.4) is 0 Å². The zero-order chi connectivity index (χ0) is 13.2. The molecule has 4 heteroatoms. The van der Waals surface area contributed by atoms with Crippen LogP contribution in [0, 0.1) is 0 Å². The highest BCUT2D eigenvalue weighted by Crippen LogP contribution is 2.18. The maximum atomic E-state index is 11.7. The fourth-order valence-electron chi connectivity index (χ4n) is 2.64. The summed E-state index contributed by atoms with van der Waals surface area (Å²) in [6.07, 6.45) is 3.08. The van der Waals surface area contributed by atoms with E-state index >= 15 is 0 Å². The van der Waals surface area contributed by atoms with Gasteiger partial charge >= 0.3 is 0 Å². The molecule has 0 radical (unpaired) electrons. The van der Waals surface area contributed by atoms with E-state index in [4.69, 9.17) is 5.73 Å². The second-order valence-corrected chi connectivity index (χ2v) is 5.03. The number of aromatic nitrogens is 1. The Morgan fingerprint density at radius 3 is 2.95 bits per heavy atom. The van der Waals surface area contributed by atoms with Crippen LogP contribution in [0.2, 0.25) is 0 Å². The van der Waals surface area contributed by atoms with Crippen LogP contribution in [-0.4, -0.2) is 34.9 Å². The summed E-state index contributed by atoms with van der Waals surface area (Å²) in [4.78, 5) is 18.0. The Hall–Kier alpha value is -1.94. The van der Waals surface area contributed by atoms with Crippen LogP contribution in [0.5, 0.6) is 0 Å².